The summed E-state index contributed by atoms with van der Waals surface area (Å²) in [4.78, 5) is 22.5. The quantitative estimate of drug-likeness (QED) is 0.705. The van der Waals surface area contributed by atoms with Gasteiger partial charge in [-0.15, -0.1) is 0 Å². The topological polar surface area (TPSA) is 93.4 Å². The number of urea groups is 1. The van der Waals surface area contributed by atoms with Gasteiger partial charge in [0, 0.05) is 17.7 Å². The Hall–Kier alpha value is -3.16. The first-order valence-corrected chi connectivity index (χ1v) is 7.83. The minimum atomic E-state index is -2.94. The van der Waals surface area contributed by atoms with E-state index in [0.29, 0.717) is 17.7 Å². The maximum atomic E-state index is 12.6. The average Bonchev–Trinajstić information content (AvgIpc) is 2.57. The van der Waals surface area contributed by atoms with Crippen molar-refractivity contribution in [3.8, 4) is 5.75 Å². The largest absolute Gasteiger partial charge is 0.435 e. The van der Waals surface area contributed by atoms with E-state index in [2.05, 4.69) is 10.1 Å². The number of imide groups is 1. The number of nitrogens with one attached hydrogen (secondary N) is 2. The Morgan fingerprint density at radius 3 is 2.46 bits per heavy atom. The lowest BCUT2D eigenvalue weighted by molar-refractivity contribution is -0.120. The number of hydrogen-bond acceptors (Lipinski definition) is 4. The van der Waals surface area contributed by atoms with E-state index in [1.54, 1.807) is 13.0 Å². The van der Waals surface area contributed by atoms with Crippen LogP contribution in [-0.2, 0) is 11.2 Å². The van der Waals surface area contributed by atoms with Crippen molar-refractivity contribution >= 4 is 17.6 Å². The van der Waals surface area contributed by atoms with Gasteiger partial charge in [-0.3, -0.25) is 10.1 Å². The first-order chi connectivity index (χ1) is 12.3. The van der Waals surface area contributed by atoms with Gasteiger partial charge < -0.3 is 15.8 Å². The van der Waals surface area contributed by atoms with Crippen molar-refractivity contribution in [3.63, 3.8) is 0 Å². The van der Waals surface area contributed by atoms with Crippen LogP contribution in [0, 0.1) is 0 Å². The van der Waals surface area contributed by atoms with Gasteiger partial charge in [-0.25, -0.2) is 4.79 Å². The molecule has 0 saturated heterocycles. The molecule has 2 rings (SSSR count). The van der Waals surface area contributed by atoms with Crippen LogP contribution in [0.3, 0.4) is 0 Å². The number of amides is 3. The number of nitrogens with two attached hydrogens (primary N) is 1. The lowest BCUT2D eigenvalue weighted by atomic mass is 10.0. The molecule has 8 heteroatoms. The van der Waals surface area contributed by atoms with Crippen molar-refractivity contribution < 1.29 is 23.1 Å². The normalized spacial score (nSPS) is 11.7. The molecule has 0 unspecified atom stereocenters. The van der Waals surface area contributed by atoms with Crippen molar-refractivity contribution in [3.05, 3.63) is 59.7 Å². The summed E-state index contributed by atoms with van der Waals surface area (Å²) < 4.78 is 29.9. The van der Waals surface area contributed by atoms with E-state index in [1.165, 1.54) is 12.1 Å². The Morgan fingerprint density at radius 1 is 1.15 bits per heavy atom. The molecule has 0 spiro atoms. The zero-order valence-electron chi connectivity index (χ0n) is 14.0. The van der Waals surface area contributed by atoms with E-state index in [4.69, 9.17) is 5.73 Å². The molecular weight excluding hydrogens is 344 g/mol. The number of carbonyl (C=O) groups is 2. The molecule has 0 bridgehead atoms. The second-order valence-electron chi connectivity index (χ2n) is 5.58. The number of primary amides is 1. The Morgan fingerprint density at radius 2 is 1.85 bits per heavy atom. The number of halogens is 2. The van der Waals surface area contributed by atoms with Crippen LogP contribution in [0.1, 0.15) is 18.1 Å². The second-order valence-corrected chi connectivity index (χ2v) is 5.58. The minimum Gasteiger partial charge on any atom is -0.435 e. The highest BCUT2D eigenvalue weighted by atomic mass is 19.3. The van der Waals surface area contributed by atoms with Gasteiger partial charge in [0.1, 0.15) is 11.8 Å². The summed E-state index contributed by atoms with van der Waals surface area (Å²) >= 11 is 0. The van der Waals surface area contributed by atoms with Crippen LogP contribution in [0.5, 0.6) is 5.75 Å². The lowest BCUT2D eigenvalue weighted by Crippen LogP contribution is -2.43. The highest BCUT2D eigenvalue weighted by Gasteiger charge is 2.16. The molecule has 2 aromatic carbocycles. The van der Waals surface area contributed by atoms with Gasteiger partial charge in [-0.05, 0) is 30.7 Å². The van der Waals surface area contributed by atoms with Gasteiger partial charge >= 0.3 is 12.6 Å². The predicted molar refractivity (Wildman–Crippen MR) is 93.1 cm³/mol. The molecule has 138 valence electrons. The first kappa shape index (κ1) is 19.2. The van der Waals surface area contributed by atoms with Crippen LogP contribution >= 0.6 is 0 Å². The molecule has 1 atom stereocenters. The number of ether oxygens (including phenoxy) is 1. The summed E-state index contributed by atoms with van der Waals surface area (Å²) in [6.07, 6.45) is 0.375. The number of rotatable bonds is 7. The molecule has 3 amide bonds. The highest BCUT2D eigenvalue weighted by Crippen LogP contribution is 2.27. The number of carbonyl (C=O) groups excluding carboxylic acids is 2. The fraction of sp³-hybridized carbons (Fsp3) is 0.222. The average molecular weight is 363 g/mol. The molecule has 4 N–H and O–H groups in total. The SMILES string of the molecule is C[C@H](Nc1ccc(OC(F)F)c(Cc2ccccc2)c1)C(=O)NC(N)=O. The van der Waals surface area contributed by atoms with Gasteiger partial charge in [0.25, 0.3) is 0 Å². The zero-order valence-corrected chi connectivity index (χ0v) is 14.0. The van der Waals surface area contributed by atoms with Crippen LogP contribution in [0.4, 0.5) is 19.3 Å². The molecule has 6 nitrogen and oxygen atoms in total. The first-order valence-electron chi connectivity index (χ1n) is 7.83. The molecular formula is C18H19F2N3O3. The Labute approximate surface area is 149 Å². The fourth-order valence-electron chi connectivity index (χ4n) is 2.38. The van der Waals surface area contributed by atoms with Crippen LogP contribution in [0.15, 0.2) is 48.5 Å². The number of benzene rings is 2. The third-order valence-electron chi connectivity index (χ3n) is 3.54. The summed E-state index contributed by atoms with van der Waals surface area (Å²) in [7, 11) is 0. The van der Waals surface area contributed by atoms with Gasteiger partial charge in [-0.1, -0.05) is 30.3 Å². The number of alkyl halides is 2. The summed E-state index contributed by atoms with van der Waals surface area (Å²) in [5.41, 5.74) is 6.88. The van der Waals surface area contributed by atoms with E-state index in [0.717, 1.165) is 5.56 Å². The molecule has 0 radical (unpaired) electrons. The summed E-state index contributed by atoms with van der Waals surface area (Å²) in [6.45, 7) is -1.40. The summed E-state index contributed by atoms with van der Waals surface area (Å²) in [6, 6.07) is 12.1. The Bertz CT molecular complexity index is 770. The monoisotopic (exact) mass is 363 g/mol. The fourth-order valence-corrected chi connectivity index (χ4v) is 2.38. The molecule has 0 fully saturated rings. The number of hydrogen-bond donors (Lipinski definition) is 3. The molecule has 0 aliphatic heterocycles. The van der Waals surface area contributed by atoms with Gasteiger partial charge in [0.2, 0.25) is 5.91 Å². The number of anilines is 1. The van der Waals surface area contributed by atoms with E-state index in [9.17, 15) is 18.4 Å². The molecule has 0 heterocycles. The van der Waals surface area contributed by atoms with Gasteiger partial charge in [0.15, 0.2) is 0 Å². The van der Waals surface area contributed by atoms with E-state index < -0.39 is 24.6 Å². The van der Waals surface area contributed by atoms with E-state index in [1.807, 2.05) is 35.6 Å². The molecule has 26 heavy (non-hydrogen) atoms. The summed E-state index contributed by atoms with van der Waals surface area (Å²) in [5, 5.41) is 4.86. The standard InChI is InChI=1S/C18H19F2N3O3/c1-11(16(24)23-18(21)25)22-14-7-8-15(26-17(19)20)13(10-14)9-12-5-3-2-4-6-12/h2-8,10-11,17,22H,9H2,1H3,(H3,21,23,24,25)/t11-/m0/s1. The third-order valence-corrected chi connectivity index (χ3v) is 3.54. The van der Waals surface area contributed by atoms with Crippen molar-refractivity contribution in [2.24, 2.45) is 5.73 Å². The predicted octanol–water partition coefficient (Wildman–Crippen LogP) is 2.87. The van der Waals surface area contributed by atoms with Crippen molar-refractivity contribution in [1.29, 1.82) is 0 Å². The lowest BCUT2D eigenvalue weighted by Gasteiger charge is -2.17. The van der Waals surface area contributed by atoms with Crippen LogP contribution in [0.2, 0.25) is 0 Å². The third kappa shape index (κ3) is 5.73. The van der Waals surface area contributed by atoms with E-state index >= 15 is 0 Å². The summed E-state index contributed by atoms with van der Waals surface area (Å²) in [5.74, 6) is -0.543. The smallest absolute Gasteiger partial charge is 0.387 e. The maximum Gasteiger partial charge on any atom is 0.387 e. The molecule has 0 aromatic heterocycles. The molecule has 0 aliphatic carbocycles. The van der Waals surface area contributed by atoms with Gasteiger partial charge in [0.05, 0.1) is 0 Å². The van der Waals surface area contributed by atoms with E-state index in [-0.39, 0.29) is 5.75 Å². The highest BCUT2D eigenvalue weighted by molar-refractivity contribution is 5.97. The van der Waals surface area contributed by atoms with Crippen molar-refractivity contribution in [1.82, 2.24) is 5.32 Å². The molecule has 2 aromatic rings. The van der Waals surface area contributed by atoms with Crippen molar-refractivity contribution in [2.75, 3.05) is 5.32 Å². The Balaban J connectivity index is 2.21. The zero-order chi connectivity index (χ0) is 19.1. The Kier molecular flexibility index (Phi) is 6.48. The minimum absolute atomic E-state index is 0.0589. The maximum absolute atomic E-state index is 12.6. The van der Waals surface area contributed by atoms with Crippen LogP contribution in [-0.4, -0.2) is 24.6 Å². The second kappa shape index (κ2) is 8.80. The molecule has 0 aliphatic rings. The van der Waals surface area contributed by atoms with Crippen molar-refractivity contribution in [2.45, 2.75) is 26.0 Å². The molecule has 0 saturated carbocycles. The van der Waals surface area contributed by atoms with Gasteiger partial charge in [-0.2, -0.15) is 8.78 Å². The van der Waals surface area contributed by atoms with Crippen LogP contribution in [0.25, 0.3) is 0 Å². The van der Waals surface area contributed by atoms with Crippen LogP contribution < -0.4 is 21.1 Å².